The lowest BCUT2D eigenvalue weighted by Gasteiger charge is -2.11. The Bertz CT molecular complexity index is 1070. The molecule has 0 unspecified atom stereocenters. The Hall–Kier alpha value is -3.12. The number of para-hydroxylation sites is 1. The minimum Gasteiger partial charge on any atom is -0.493 e. The Morgan fingerprint density at radius 1 is 0.933 bits per heavy atom. The Labute approximate surface area is 181 Å². The Kier molecular flexibility index (Phi) is 6.77. The van der Waals surface area contributed by atoms with Gasteiger partial charge in [-0.3, -0.25) is 9.55 Å². The molecule has 0 radical (unpaired) electrons. The highest BCUT2D eigenvalue weighted by molar-refractivity contribution is 7.99. The van der Waals surface area contributed by atoms with E-state index in [-0.39, 0.29) is 0 Å². The SMILES string of the molecule is Cc1ccccc1OCCCSc1nnc(-c2cccnc2)n1Cc1ccccc1. The van der Waals surface area contributed by atoms with Gasteiger partial charge in [-0.25, -0.2) is 0 Å². The molecule has 30 heavy (non-hydrogen) atoms. The van der Waals surface area contributed by atoms with Crippen molar-refractivity contribution in [1.82, 2.24) is 19.7 Å². The van der Waals surface area contributed by atoms with Crippen LogP contribution in [0.25, 0.3) is 11.4 Å². The summed E-state index contributed by atoms with van der Waals surface area (Å²) in [6.45, 7) is 3.47. The number of ether oxygens (including phenoxy) is 1. The van der Waals surface area contributed by atoms with E-state index in [1.807, 2.05) is 42.6 Å². The molecule has 0 bridgehead atoms. The van der Waals surface area contributed by atoms with E-state index < -0.39 is 0 Å². The Morgan fingerprint density at radius 3 is 2.57 bits per heavy atom. The van der Waals surface area contributed by atoms with Crippen LogP contribution in [0.15, 0.2) is 84.3 Å². The lowest BCUT2D eigenvalue weighted by molar-refractivity contribution is 0.316. The molecule has 152 valence electrons. The van der Waals surface area contributed by atoms with Crippen molar-refractivity contribution in [3.63, 3.8) is 0 Å². The zero-order chi connectivity index (χ0) is 20.6. The number of aromatic nitrogens is 4. The highest BCUT2D eigenvalue weighted by Crippen LogP contribution is 2.25. The molecule has 0 saturated carbocycles. The summed E-state index contributed by atoms with van der Waals surface area (Å²) < 4.78 is 8.08. The molecular formula is C24H24N4OS. The van der Waals surface area contributed by atoms with Crippen molar-refractivity contribution in [2.24, 2.45) is 0 Å². The van der Waals surface area contributed by atoms with Gasteiger partial charge in [-0.2, -0.15) is 0 Å². The Morgan fingerprint density at radius 2 is 1.77 bits per heavy atom. The molecule has 6 heteroatoms. The first-order chi connectivity index (χ1) is 14.8. The second-order valence-electron chi connectivity index (χ2n) is 6.94. The van der Waals surface area contributed by atoms with Crippen LogP contribution < -0.4 is 4.74 Å². The number of rotatable bonds is 9. The molecule has 0 atom stereocenters. The van der Waals surface area contributed by atoms with Gasteiger partial charge < -0.3 is 4.74 Å². The van der Waals surface area contributed by atoms with Crippen LogP contribution in [0.5, 0.6) is 5.75 Å². The molecule has 0 amide bonds. The van der Waals surface area contributed by atoms with Crippen LogP contribution in [-0.2, 0) is 6.54 Å². The minimum absolute atomic E-state index is 0.681. The van der Waals surface area contributed by atoms with Crippen LogP contribution in [0, 0.1) is 6.92 Å². The Balaban J connectivity index is 1.43. The van der Waals surface area contributed by atoms with Crippen LogP contribution in [0.3, 0.4) is 0 Å². The standard InChI is InChI=1S/C24H24N4OS/c1-19-9-5-6-13-22(19)29-15-8-16-30-24-27-26-23(21-12-7-14-25-17-21)28(24)18-20-10-3-2-4-11-20/h2-7,9-14,17H,8,15-16,18H2,1H3. The van der Waals surface area contributed by atoms with Crippen molar-refractivity contribution < 1.29 is 4.74 Å². The molecule has 2 aromatic carbocycles. The molecule has 0 aliphatic carbocycles. The molecule has 0 fully saturated rings. The van der Waals surface area contributed by atoms with Crippen LogP contribution in [0.1, 0.15) is 17.5 Å². The zero-order valence-electron chi connectivity index (χ0n) is 16.9. The lowest BCUT2D eigenvalue weighted by atomic mass is 10.2. The van der Waals surface area contributed by atoms with E-state index in [9.17, 15) is 0 Å². The third-order valence-electron chi connectivity index (χ3n) is 4.69. The monoisotopic (exact) mass is 416 g/mol. The van der Waals surface area contributed by atoms with E-state index in [1.165, 1.54) is 5.56 Å². The van der Waals surface area contributed by atoms with Crippen molar-refractivity contribution >= 4 is 11.8 Å². The quantitative estimate of drug-likeness (QED) is 0.275. The maximum Gasteiger partial charge on any atom is 0.191 e. The molecule has 0 aliphatic rings. The topological polar surface area (TPSA) is 52.8 Å². The highest BCUT2D eigenvalue weighted by Gasteiger charge is 2.15. The maximum absolute atomic E-state index is 5.91. The van der Waals surface area contributed by atoms with Gasteiger partial charge in [0.15, 0.2) is 11.0 Å². The normalized spacial score (nSPS) is 10.8. The first-order valence-electron chi connectivity index (χ1n) is 10.00. The fourth-order valence-corrected chi connectivity index (χ4v) is 3.99. The number of hydrogen-bond acceptors (Lipinski definition) is 5. The average Bonchev–Trinajstić information content (AvgIpc) is 3.18. The summed E-state index contributed by atoms with van der Waals surface area (Å²) in [5.41, 5.74) is 3.34. The third kappa shape index (κ3) is 5.07. The van der Waals surface area contributed by atoms with E-state index >= 15 is 0 Å². The summed E-state index contributed by atoms with van der Waals surface area (Å²) in [6, 6.07) is 22.4. The van der Waals surface area contributed by atoms with E-state index in [1.54, 1.807) is 18.0 Å². The molecule has 0 spiro atoms. The van der Waals surface area contributed by atoms with Crippen molar-refractivity contribution in [2.75, 3.05) is 12.4 Å². The molecular weight excluding hydrogens is 392 g/mol. The number of hydrogen-bond donors (Lipinski definition) is 0. The van der Waals surface area contributed by atoms with Crippen LogP contribution >= 0.6 is 11.8 Å². The van der Waals surface area contributed by atoms with Gasteiger partial charge in [0.1, 0.15) is 5.75 Å². The number of pyridine rings is 1. The van der Waals surface area contributed by atoms with E-state index in [0.29, 0.717) is 6.61 Å². The average molecular weight is 417 g/mol. The van der Waals surface area contributed by atoms with Gasteiger partial charge in [-0.05, 0) is 42.7 Å². The maximum atomic E-state index is 5.91. The zero-order valence-corrected chi connectivity index (χ0v) is 17.8. The molecule has 4 rings (SSSR count). The second kappa shape index (κ2) is 10.1. The van der Waals surface area contributed by atoms with Gasteiger partial charge in [0.25, 0.3) is 0 Å². The van der Waals surface area contributed by atoms with Crippen molar-refractivity contribution in [3.05, 3.63) is 90.3 Å². The van der Waals surface area contributed by atoms with E-state index in [4.69, 9.17) is 4.74 Å². The summed E-state index contributed by atoms with van der Waals surface area (Å²) in [6.07, 6.45) is 4.53. The van der Waals surface area contributed by atoms with Crippen molar-refractivity contribution in [2.45, 2.75) is 25.0 Å². The summed E-state index contributed by atoms with van der Waals surface area (Å²) in [5.74, 6) is 2.70. The summed E-state index contributed by atoms with van der Waals surface area (Å²) in [4.78, 5) is 4.24. The molecule has 0 saturated heterocycles. The smallest absolute Gasteiger partial charge is 0.191 e. The van der Waals surface area contributed by atoms with Gasteiger partial charge in [-0.15, -0.1) is 10.2 Å². The largest absolute Gasteiger partial charge is 0.493 e. The third-order valence-corrected chi connectivity index (χ3v) is 5.74. The minimum atomic E-state index is 0.681. The highest BCUT2D eigenvalue weighted by atomic mass is 32.2. The number of thioether (sulfide) groups is 1. The molecule has 5 nitrogen and oxygen atoms in total. The van der Waals surface area contributed by atoms with Gasteiger partial charge in [-0.1, -0.05) is 60.3 Å². The molecule has 0 aliphatic heterocycles. The van der Waals surface area contributed by atoms with Crippen LogP contribution in [-0.4, -0.2) is 32.1 Å². The van der Waals surface area contributed by atoms with Crippen LogP contribution in [0.2, 0.25) is 0 Å². The summed E-state index contributed by atoms with van der Waals surface area (Å²) in [5, 5.41) is 9.84. The lowest BCUT2D eigenvalue weighted by Crippen LogP contribution is -2.05. The molecule has 2 heterocycles. The first-order valence-corrected chi connectivity index (χ1v) is 11.0. The fraction of sp³-hybridized carbons (Fsp3) is 0.208. The molecule has 4 aromatic rings. The van der Waals surface area contributed by atoms with E-state index in [2.05, 4.69) is 57.0 Å². The predicted molar refractivity (Wildman–Crippen MR) is 121 cm³/mol. The van der Waals surface area contributed by atoms with Crippen molar-refractivity contribution in [3.8, 4) is 17.1 Å². The number of nitrogens with zero attached hydrogens (tertiary/aromatic N) is 4. The first kappa shape index (κ1) is 20.2. The number of benzene rings is 2. The van der Waals surface area contributed by atoms with Gasteiger partial charge >= 0.3 is 0 Å². The second-order valence-corrected chi connectivity index (χ2v) is 8.00. The molecule has 2 aromatic heterocycles. The van der Waals surface area contributed by atoms with Crippen LogP contribution in [0.4, 0.5) is 0 Å². The fourth-order valence-electron chi connectivity index (χ4n) is 3.14. The van der Waals surface area contributed by atoms with Gasteiger partial charge in [0.2, 0.25) is 0 Å². The van der Waals surface area contributed by atoms with Gasteiger partial charge in [0.05, 0.1) is 13.2 Å². The van der Waals surface area contributed by atoms with Gasteiger partial charge in [0, 0.05) is 23.7 Å². The summed E-state index contributed by atoms with van der Waals surface area (Å²) >= 11 is 1.71. The summed E-state index contributed by atoms with van der Waals surface area (Å²) in [7, 11) is 0. The predicted octanol–water partition coefficient (Wildman–Crippen LogP) is 5.26. The van der Waals surface area contributed by atoms with Crippen molar-refractivity contribution in [1.29, 1.82) is 0 Å². The van der Waals surface area contributed by atoms with E-state index in [0.717, 1.165) is 46.6 Å². The molecule has 0 N–H and O–H groups in total. The number of aryl methyl sites for hydroxylation is 1.